The molecule has 0 amide bonds. The molecular weight excluding hydrogens is 342 g/mol. The van der Waals surface area contributed by atoms with Gasteiger partial charge in [0.05, 0.1) is 11.5 Å². The van der Waals surface area contributed by atoms with Gasteiger partial charge < -0.3 is 9.72 Å². The number of H-pyrrole nitrogens is 1. The molecular formula is C15H14F2N2O4S. The van der Waals surface area contributed by atoms with Gasteiger partial charge in [0.1, 0.15) is 11.6 Å². The highest BCUT2D eigenvalue weighted by Gasteiger charge is 2.18. The Hall–Kier alpha value is -2.55. The van der Waals surface area contributed by atoms with Crippen LogP contribution >= 0.6 is 0 Å². The van der Waals surface area contributed by atoms with Gasteiger partial charge in [0, 0.05) is 18.0 Å². The van der Waals surface area contributed by atoms with Crippen LogP contribution in [0, 0.1) is 11.6 Å². The minimum absolute atomic E-state index is 0.00409. The standard InChI is InChI=1S/C15H14F2N2O4S/c1-2-23-15(20)13-6-11(8-19-13)24(21,22)9-18-7-10-4-3-5-12(16)14(10)17/h3-8,19H,2,9H2,1H3/b18-7+. The van der Waals surface area contributed by atoms with Crippen LogP contribution in [0.15, 0.2) is 40.4 Å². The molecule has 1 heterocycles. The smallest absolute Gasteiger partial charge is 0.354 e. The number of rotatable bonds is 6. The summed E-state index contributed by atoms with van der Waals surface area (Å²) in [5.74, 6) is -3.51. The SMILES string of the molecule is CCOC(=O)c1cc(S(=O)(=O)C/N=C/c2cccc(F)c2F)c[nH]1. The summed E-state index contributed by atoms with van der Waals surface area (Å²) < 4.78 is 55.5. The first-order valence-corrected chi connectivity index (χ1v) is 8.52. The molecule has 0 aliphatic rings. The number of esters is 1. The fourth-order valence-electron chi connectivity index (χ4n) is 1.81. The first kappa shape index (κ1) is 17.8. The van der Waals surface area contributed by atoms with E-state index < -0.39 is 33.3 Å². The number of carbonyl (C=O) groups excluding carboxylic acids is 1. The van der Waals surface area contributed by atoms with E-state index in [1.165, 1.54) is 12.1 Å². The Morgan fingerprint density at radius 3 is 2.83 bits per heavy atom. The second-order valence-corrected chi connectivity index (χ2v) is 6.63. The van der Waals surface area contributed by atoms with Crippen molar-refractivity contribution >= 4 is 22.0 Å². The van der Waals surface area contributed by atoms with Crippen molar-refractivity contribution in [3.8, 4) is 0 Å². The zero-order valence-electron chi connectivity index (χ0n) is 12.6. The van der Waals surface area contributed by atoms with E-state index in [9.17, 15) is 22.0 Å². The van der Waals surface area contributed by atoms with Gasteiger partial charge >= 0.3 is 5.97 Å². The zero-order valence-corrected chi connectivity index (χ0v) is 13.4. The highest BCUT2D eigenvalue weighted by molar-refractivity contribution is 7.91. The lowest BCUT2D eigenvalue weighted by molar-refractivity contribution is 0.0520. The molecule has 1 aromatic heterocycles. The molecule has 128 valence electrons. The van der Waals surface area contributed by atoms with Crippen LogP contribution in [0.1, 0.15) is 23.0 Å². The number of aromatic nitrogens is 1. The number of aliphatic imine (C=N–C) groups is 1. The van der Waals surface area contributed by atoms with E-state index in [4.69, 9.17) is 4.74 Å². The van der Waals surface area contributed by atoms with E-state index in [1.807, 2.05) is 0 Å². The molecule has 0 fully saturated rings. The van der Waals surface area contributed by atoms with Gasteiger partial charge in [-0.05, 0) is 19.1 Å². The lowest BCUT2D eigenvalue weighted by Gasteiger charge is -1.99. The molecule has 0 aliphatic carbocycles. The van der Waals surface area contributed by atoms with Crippen LogP contribution in [-0.2, 0) is 14.6 Å². The first-order chi connectivity index (χ1) is 11.3. The molecule has 0 radical (unpaired) electrons. The lowest BCUT2D eigenvalue weighted by Crippen LogP contribution is -2.06. The van der Waals surface area contributed by atoms with Crippen LogP contribution < -0.4 is 0 Å². The molecule has 0 saturated heterocycles. The summed E-state index contributed by atoms with van der Waals surface area (Å²) in [6, 6.07) is 4.63. The number of aromatic amines is 1. The number of nitrogens with one attached hydrogen (secondary N) is 1. The molecule has 1 aromatic carbocycles. The Labute approximate surface area is 137 Å². The summed E-state index contributed by atoms with van der Waals surface area (Å²) in [5.41, 5.74) is -0.165. The predicted molar refractivity (Wildman–Crippen MR) is 82.8 cm³/mol. The number of benzene rings is 1. The van der Waals surface area contributed by atoms with Gasteiger partial charge in [0.2, 0.25) is 0 Å². The van der Waals surface area contributed by atoms with Crippen molar-refractivity contribution in [1.29, 1.82) is 0 Å². The van der Waals surface area contributed by atoms with Crippen molar-refractivity contribution in [2.24, 2.45) is 4.99 Å². The third-order valence-electron chi connectivity index (χ3n) is 2.97. The van der Waals surface area contributed by atoms with Crippen LogP contribution in [0.25, 0.3) is 0 Å². The summed E-state index contributed by atoms with van der Waals surface area (Å²) in [5, 5.41) is 0. The van der Waals surface area contributed by atoms with Crippen LogP contribution in [-0.4, -0.2) is 38.1 Å². The normalized spacial score (nSPS) is 11.8. The van der Waals surface area contributed by atoms with Gasteiger partial charge in [0.25, 0.3) is 0 Å². The molecule has 2 aromatic rings. The highest BCUT2D eigenvalue weighted by Crippen LogP contribution is 2.14. The number of halogens is 2. The van der Waals surface area contributed by atoms with Crippen LogP contribution in [0.5, 0.6) is 0 Å². The topological polar surface area (TPSA) is 88.6 Å². The maximum atomic E-state index is 13.4. The number of ether oxygens (including phenoxy) is 1. The van der Waals surface area contributed by atoms with E-state index >= 15 is 0 Å². The summed E-state index contributed by atoms with van der Waals surface area (Å²) in [6.45, 7) is 1.78. The van der Waals surface area contributed by atoms with Crippen molar-refractivity contribution in [1.82, 2.24) is 4.98 Å². The van der Waals surface area contributed by atoms with Gasteiger partial charge in [0.15, 0.2) is 21.5 Å². The molecule has 1 N–H and O–H groups in total. The van der Waals surface area contributed by atoms with Crippen LogP contribution in [0.3, 0.4) is 0 Å². The molecule has 0 aliphatic heterocycles. The van der Waals surface area contributed by atoms with Gasteiger partial charge in [-0.2, -0.15) is 0 Å². The summed E-state index contributed by atoms with van der Waals surface area (Å²) >= 11 is 0. The Morgan fingerprint density at radius 1 is 1.38 bits per heavy atom. The molecule has 0 bridgehead atoms. The summed E-state index contributed by atoms with van der Waals surface area (Å²) in [6.07, 6.45) is 2.08. The minimum atomic E-state index is -3.83. The predicted octanol–water partition coefficient (Wildman–Crippen LogP) is 2.32. The van der Waals surface area contributed by atoms with E-state index in [0.29, 0.717) is 0 Å². The Kier molecular flexibility index (Phi) is 5.45. The Bertz CT molecular complexity index is 875. The van der Waals surface area contributed by atoms with Gasteiger partial charge in [-0.15, -0.1) is 0 Å². The Balaban J connectivity index is 2.13. The average molecular weight is 356 g/mol. The average Bonchev–Trinajstić information content (AvgIpc) is 3.02. The number of carbonyl (C=O) groups is 1. The molecule has 0 spiro atoms. The van der Waals surface area contributed by atoms with Crippen molar-refractivity contribution in [2.45, 2.75) is 11.8 Å². The molecule has 24 heavy (non-hydrogen) atoms. The maximum absolute atomic E-state index is 13.4. The molecule has 2 rings (SSSR count). The van der Waals surface area contributed by atoms with Crippen molar-refractivity contribution in [3.05, 3.63) is 53.4 Å². The fourth-order valence-corrected chi connectivity index (χ4v) is 2.76. The molecule has 0 atom stereocenters. The summed E-state index contributed by atoms with van der Waals surface area (Å²) in [4.78, 5) is 17.5. The monoisotopic (exact) mass is 356 g/mol. The number of sulfone groups is 1. The van der Waals surface area contributed by atoms with E-state index in [1.54, 1.807) is 6.92 Å². The van der Waals surface area contributed by atoms with Crippen molar-refractivity contribution < 1.29 is 26.7 Å². The Morgan fingerprint density at radius 2 is 2.12 bits per heavy atom. The molecule has 0 unspecified atom stereocenters. The quantitative estimate of drug-likeness (QED) is 0.635. The maximum Gasteiger partial charge on any atom is 0.354 e. The largest absolute Gasteiger partial charge is 0.461 e. The molecule has 9 heteroatoms. The van der Waals surface area contributed by atoms with Crippen molar-refractivity contribution in [3.63, 3.8) is 0 Å². The number of hydrogen-bond donors (Lipinski definition) is 1. The van der Waals surface area contributed by atoms with Gasteiger partial charge in [-0.1, -0.05) is 12.1 Å². The lowest BCUT2D eigenvalue weighted by atomic mass is 10.2. The highest BCUT2D eigenvalue weighted by atomic mass is 32.2. The van der Waals surface area contributed by atoms with Gasteiger partial charge in [-0.25, -0.2) is 22.0 Å². The van der Waals surface area contributed by atoms with E-state index in [2.05, 4.69) is 9.98 Å². The van der Waals surface area contributed by atoms with Crippen LogP contribution in [0.2, 0.25) is 0 Å². The van der Waals surface area contributed by atoms with Crippen molar-refractivity contribution in [2.75, 3.05) is 12.5 Å². The third kappa shape index (κ3) is 4.05. The first-order valence-electron chi connectivity index (χ1n) is 6.87. The second kappa shape index (κ2) is 7.35. The summed E-state index contributed by atoms with van der Waals surface area (Å²) in [7, 11) is -3.83. The minimum Gasteiger partial charge on any atom is -0.461 e. The molecule has 6 nitrogen and oxygen atoms in total. The number of nitrogens with zero attached hydrogens (tertiary/aromatic N) is 1. The van der Waals surface area contributed by atoms with Gasteiger partial charge in [-0.3, -0.25) is 4.99 Å². The fraction of sp³-hybridized carbons (Fsp3) is 0.200. The van der Waals surface area contributed by atoms with E-state index in [0.717, 1.165) is 24.5 Å². The zero-order chi connectivity index (χ0) is 17.7. The third-order valence-corrected chi connectivity index (χ3v) is 4.41. The number of hydrogen-bond acceptors (Lipinski definition) is 5. The van der Waals surface area contributed by atoms with E-state index in [-0.39, 0.29) is 22.8 Å². The second-order valence-electron chi connectivity index (χ2n) is 4.67. The molecule has 0 saturated carbocycles. The van der Waals surface area contributed by atoms with Crippen LogP contribution in [0.4, 0.5) is 8.78 Å².